The molecule has 1 rings (SSSR count). The highest BCUT2D eigenvalue weighted by atomic mass is 19.3. The Hall–Kier alpha value is -0.220. The van der Waals surface area contributed by atoms with Gasteiger partial charge in [0, 0.05) is 6.54 Å². The number of alkyl halides is 2. The predicted molar refractivity (Wildman–Crippen MR) is 32.9 cm³/mol. The van der Waals surface area contributed by atoms with E-state index in [1.807, 2.05) is 0 Å². The first-order chi connectivity index (χ1) is 4.52. The molecule has 1 saturated heterocycles. The summed E-state index contributed by atoms with van der Waals surface area (Å²) in [6, 6.07) is 0. The average Bonchev–Trinajstić information content (AvgIpc) is 2.10. The Morgan fingerprint density at radius 1 is 1.50 bits per heavy atom. The van der Waals surface area contributed by atoms with Crippen molar-refractivity contribution < 1.29 is 13.5 Å². The molecule has 0 saturated carbocycles. The van der Waals surface area contributed by atoms with Crippen molar-refractivity contribution in [2.45, 2.75) is 12.8 Å². The van der Waals surface area contributed by atoms with Gasteiger partial charge in [0.1, 0.15) is 6.61 Å². The summed E-state index contributed by atoms with van der Waals surface area (Å²) in [5.74, 6) is -2.75. The molecule has 60 valence electrons. The van der Waals surface area contributed by atoms with Gasteiger partial charge in [-0.3, -0.25) is 0 Å². The molecule has 0 aromatic carbocycles. The van der Waals surface area contributed by atoms with E-state index in [0.717, 1.165) is 0 Å². The van der Waals surface area contributed by atoms with Crippen molar-refractivity contribution in [1.82, 2.24) is 0 Å². The number of halogens is 2. The molecule has 2 nitrogen and oxygen atoms in total. The Bertz CT molecular complexity index is 140. The summed E-state index contributed by atoms with van der Waals surface area (Å²) in [5.41, 5.74) is 4.04. The van der Waals surface area contributed by atoms with Gasteiger partial charge in [-0.25, -0.2) is 8.78 Å². The van der Waals surface area contributed by atoms with E-state index in [1.165, 1.54) is 6.92 Å². The van der Waals surface area contributed by atoms with E-state index < -0.39 is 17.9 Å². The van der Waals surface area contributed by atoms with Crippen LogP contribution in [0, 0.1) is 5.41 Å². The van der Waals surface area contributed by atoms with Gasteiger partial charge < -0.3 is 10.5 Å². The second-order valence-electron chi connectivity index (χ2n) is 2.96. The summed E-state index contributed by atoms with van der Waals surface area (Å²) in [5, 5.41) is 0. The molecule has 4 heteroatoms. The number of hydrogen-bond donors (Lipinski definition) is 1. The summed E-state index contributed by atoms with van der Waals surface area (Å²) >= 11 is 0. The fraction of sp³-hybridized carbons (Fsp3) is 1.00. The van der Waals surface area contributed by atoms with Crippen molar-refractivity contribution >= 4 is 0 Å². The van der Waals surface area contributed by atoms with E-state index >= 15 is 0 Å². The van der Waals surface area contributed by atoms with Crippen molar-refractivity contribution in [3.05, 3.63) is 0 Å². The van der Waals surface area contributed by atoms with Gasteiger partial charge in [0.15, 0.2) is 0 Å². The van der Waals surface area contributed by atoms with Crippen LogP contribution >= 0.6 is 0 Å². The normalized spacial score (nSPS) is 38.4. The van der Waals surface area contributed by atoms with Gasteiger partial charge in [0.05, 0.1) is 12.0 Å². The van der Waals surface area contributed by atoms with Crippen LogP contribution in [0.3, 0.4) is 0 Å². The largest absolute Gasteiger partial charge is 0.374 e. The summed E-state index contributed by atoms with van der Waals surface area (Å²) in [7, 11) is 0. The molecule has 0 spiro atoms. The van der Waals surface area contributed by atoms with E-state index in [1.54, 1.807) is 0 Å². The van der Waals surface area contributed by atoms with E-state index in [9.17, 15) is 8.78 Å². The van der Waals surface area contributed by atoms with Crippen LogP contribution < -0.4 is 5.73 Å². The molecule has 0 aromatic heterocycles. The summed E-state index contributed by atoms with van der Waals surface area (Å²) in [6.45, 7) is 0.997. The predicted octanol–water partition coefficient (Wildman–Crippen LogP) is 0.617. The van der Waals surface area contributed by atoms with Gasteiger partial charge in [-0.05, 0) is 0 Å². The van der Waals surface area contributed by atoms with Crippen LogP contribution in [0.4, 0.5) is 8.78 Å². The Balaban J connectivity index is 2.76. The minimum absolute atomic E-state index is 0.0278. The SMILES string of the molecule is C[C@]1(CN)COCC1(F)F. The van der Waals surface area contributed by atoms with Gasteiger partial charge in [0.2, 0.25) is 0 Å². The van der Waals surface area contributed by atoms with Gasteiger partial charge in [0.25, 0.3) is 5.92 Å². The first-order valence-electron chi connectivity index (χ1n) is 3.17. The lowest BCUT2D eigenvalue weighted by atomic mass is 9.87. The molecule has 1 aliphatic heterocycles. The molecule has 1 fully saturated rings. The van der Waals surface area contributed by atoms with E-state index in [4.69, 9.17) is 5.73 Å². The first-order valence-corrected chi connectivity index (χ1v) is 3.17. The minimum Gasteiger partial charge on any atom is -0.374 e. The average molecular weight is 151 g/mol. The third-order valence-electron chi connectivity index (χ3n) is 2.04. The highest BCUT2D eigenvalue weighted by molar-refractivity contribution is 4.94. The standard InChI is InChI=1S/C6H11F2NO/c1-5(2-9)3-10-4-6(5,7)8/h2-4,9H2,1H3/t5-/m0/s1. The highest BCUT2D eigenvalue weighted by Gasteiger charge is 2.54. The zero-order valence-corrected chi connectivity index (χ0v) is 5.86. The quantitative estimate of drug-likeness (QED) is 0.596. The van der Waals surface area contributed by atoms with E-state index in [0.29, 0.717) is 0 Å². The van der Waals surface area contributed by atoms with E-state index in [2.05, 4.69) is 4.74 Å². The Morgan fingerprint density at radius 2 is 2.10 bits per heavy atom. The van der Waals surface area contributed by atoms with Crippen molar-refractivity contribution in [3.63, 3.8) is 0 Å². The molecule has 10 heavy (non-hydrogen) atoms. The Labute approximate surface area is 58.3 Å². The molecule has 0 amide bonds. The zero-order valence-electron chi connectivity index (χ0n) is 5.86. The fourth-order valence-corrected chi connectivity index (χ4v) is 0.893. The molecule has 1 heterocycles. The van der Waals surface area contributed by atoms with Gasteiger partial charge in [-0.1, -0.05) is 6.92 Å². The van der Waals surface area contributed by atoms with Crippen LogP contribution in [0.1, 0.15) is 6.92 Å². The molecular formula is C6H11F2NO. The Kier molecular flexibility index (Phi) is 1.68. The van der Waals surface area contributed by atoms with Crippen molar-refractivity contribution in [1.29, 1.82) is 0 Å². The maximum Gasteiger partial charge on any atom is 0.279 e. The number of hydrogen-bond acceptors (Lipinski definition) is 2. The van der Waals surface area contributed by atoms with E-state index in [-0.39, 0.29) is 13.2 Å². The highest BCUT2D eigenvalue weighted by Crippen LogP contribution is 2.40. The summed E-state index contributed by atoms with van der Waals surface area (Å²) < 4.78 is 30.2. The van der Waals surface area contributed by atoms with Crippen molar-refractivity contribution in [2.75, 3.05) is 19.8 Å². The molecule has 0 aliphatic carbocycles. The fourth-order valence-electron chi connectivity index (χ4n) is 0.893. The third-order valence-corrected chi connectivity index (χ3v) is 2.04. The van der Waals surface area contributed by atoms with Gasteiger partial charge >= 0.3 is 0 Å². The number of nitrogens with two attached hydrogens (primary N) is 1. The maximum absolute atomic E-state index is 12.8. The minimum atomic E-state index is -2.75. The van der Waals surface area contributed by atoms with Crippen LogP contribution in [0.25, 0.3) is 0 Å². The van der Waals surface area contributed by atoms with Crippen LogP contribution in [-0.2, 0) is 4.74 Å². The van der Waals surface area contributed by atoms with Gasteiger partial charge in [-0.2, -0.15) is 0 Å². The van der Waals surface area contributed by atoms with Gasteiger partial charge in [-0.15, -0.1) is 0 Å². The van der Waals surface area contributed by atoms with Crippen LogP contribution in [0.5, 0.6) is 0 Å². The van der Waals surface area contributed by atoms with Crippen LogP contribution in [0.15, 0.2) is 0 Å². The zero-order chi connectivity index (χ0) is 7.83. The monoisotopic (exact) mass is 151 g/mol. The smallest absolute Gasteiger partial charge is 0.279 e. The number of ether oxygens (including phenoxy) is 1. The Morgan fingerprint density at radius 3 is 2.30 bits per heavy atom. The summed E-state index contributed by atoms with van der Waals surface area (Å²) in [4.78, 5) is 0. The molecule has 0 radical (unpaired) electrons. The van der Waals surface area contributed by atoms with Crippen LogP contribution in [0.2, 0.25) is 0 Å². The van der Waals surface area contributed by atoms with Crippen LogP contribution in [-0.4, -0.2) is 25.7 Å². The molecule has 1 aliphatic rings. The lowest BCUT2D eigenvalue weighted by Gasteiger charge is -2.26. The molecule has 0 bridgehead atoms. The summed E-state index contributed by atoms with van der Waals surface area (Å²) in [6.07, 6.45) is 0. The molecule has 0 aromatic rings. The van der Waals surface area contributed by atoms with Crippen molar-refractivity contribution in [3.8, 4) is 0 Å². The van der Waals surface area contributed by atoms with Crippen molar-refractivity contribution in [2.24, 2.45) is 11.1 Å². The molecule has 0 unspecified atom stereocenters. The lowest BCUT2D eigenvalue weighted by Crippen LogP contribution is -2.43. The first kappa shape index (κ1) is 7.88. The topological polar surface area (TPSA) is 35.2 Å². The maximum atomic E-state index is 12.8. The molecular weight excluding hydrogens is 140 g/mol. The second-order valence-corrected chi connectivity index (χ2v) is 2.96. The lowest BCUT2D eigenvalue weighted by molar-refractivity contribution is -0.0744. The second kappa shape index (κ2) is 2.13. The molecule has 1 atom stereocenters. The molecule has 2 N–H and O–H groups in total. The number of rotatable bonds is 1. The third kappa shape index (κ3) is 0.914.